The average molecular weight is 803 g/mol. The Bertz CT molecular complexity index is 3630. The molecular formula is C61H42N2. The van der Waals surface area contributed by atoms with E-state index < -0.39 is 0 Å². The molecule has 63 heavy (non-hydrogen) atoms. The summed E-state index contributed by atoms with van der Waals surface area (Å²) in [5, 5.41) is 10.1. The van der Waals surface area contributed by atoms with Gasteiger partial charge in [0.25, 0.3) is 0 Å². The fraction of sp³-hybridized carbons (Fsp3) is 0.0164. The van der Waals surface area contributed by atoms with E-state index in [1.807, 2.05) is 0 Å². The third kappa shape index (κ3) is 6.52. The fourth-order valence-electron chi connectivity index (χ4n) is 9.63. The first-order chi connectivity index (χ1) is 31.1. The van der Waals surface area contributed by atoms with Crippen LogP contribution in [-0.2, 0) is 0 Å². The zero-order valence-corrected chi connectivity index (χ0v) is 34.9. The van der Waals surface area contributed by atoms with Crippen LogP contribution in [0.3, 0.4) is 0 Å². The van der Waals surface area contributed by atoms with Crippen LogP contribution in [0.5, 0.6) is 0 Å². The lowest BCUT2D eigenvalue weighted by Gasteiger charge is -2.28. The summed E-state index contributed by atoms with van der Waals surface area (Å²) in [6.07, 6.45) is 0. The van der Waals surface area contributed by atoms with Gasteiger partial charge in [-0.05, 0) is 163 Å². The third-order valence-corrected chi connectivity index (χ3v) is 12.8. The minimum absolute atomic E-state index is 1.10. The molecule has 0 atom stereocenters. The number of aromatic nitrogens is 1. The molecule has 0 aliphatic heterocycles. The highest BCUT2D eigenvalue weighted by Gasteiger charge is 2.18. The van der Waals surface area contributed by atoms with Crippen molar-refractivity contribution in [3.05, 3.63) is 242 Å². The number of hydrogen-bond acceptors (Lipinski definition) is 1. The van der Waals surface area contributed by atoms with Crippen molar-refractivity contribution in [2.24, 2.45) is 0 Å². The lowest BCUT2D eigenvalue weighted by Crippen LogP contribution is -2.11. The van der Waals surface area contributed by atoms with Crippen molar-refractivity contribution in [2.75, 3.05) is 4.90 Å². The molecule has 2 heteroatoms. The Kier molecular flexibility index (Phi) is 8.76. The number of aryl methyl sites for hydroxylation is 1. The van der Waals surface area contributed by atoms with E-state index in [-0.39, 0.29) is 0 Å². The Morgan fingerprint density at radius 2 is 0.746 bits per heavy atom. The maximum Gasteiger partial charge on any atom is 0.0541 e. The van der Waals surface area contributed by atoms with E-state index in [0.29, 0.717) is 0 Å². The maximum atomic E-state index is 2.40. The van der Waals surface area contributed by atoms with Gasteiger partial charge in [0.2, 0.25) is 0 Å². The van der Waals surface area contributed by atoms with Crippen molar-refractivity contribution >= 4 is 71.2 Å². The van der Waals surface area contributed by atoms with E-state index in [4.69, 9.17) is 0 Å². The third-order valence-electron chi connectivity index (χ3n) is 12.8. The molecule has 1 aromatic heterocycles. The summed E-state index contributed by atoms with van der Waals surface area (Å²) < 4.78 is 2.39. The molecule has 0 radical (unpaired) electrons. The van der Waals surface area contributed by atoms with Crippen molar-refractivity contribution in [1.29, 1.82) is 0 Å². The predicted molar refractivity (Wildman–Crippen MR) is 269 cm³/mol. The van der Waals surface area contributed by atoms with Crippen LogP contribution in [0.4, 0.5) is 17.1 Å². The van der Waals surface area contributed by atoms with Gasteiger partial charge in [-0.2, -0.15) is 0 Å². The monoisotopic (exact) mass is 802 g/mol. The normalized spacial score (nSPS) is 11.6. The van der Waals surface area contributed by atoms with Crippen molar-refractivity contribution < 1.29 is 0 Å². The quantitative estimate of drug-likeness (QED) is 0.146. The first-order valence-electron chi connectivity index (χ1n) is 21.7. The summed E-state index contributed by atoms with van der Waals surface area (Å²) in [4.78, 5) is 2.40. The minimum Gasteiger partial charge on any atom is -0.310 e. The molecule has 2 nitrogen and oxygen atoms in total. The van der Waals surface area contributed by atoms with E-state index in [1.165, 1.54) is 93.1 Å². The van der Waals surface area contributed by atoms with Gasteiger partial charge in [0.1, 0.15) is 0 Å². The number of fused-ring (bicyclic) bond motifs is 6. The smallest absolute Gasteiger partial charge is 0.0541 e. The maximum absolute atomic E-state index is 2.40. The second kappa shape index (κ2) is 15.1. The molecule has 11 aromatic carbocycles. The van der Waals surface area contributed by atoms with Crippen LogP contribution in [-0.4, -0.2) is 4.57 Å². The van der Waals surface area contributed by atoms with Crippen molar-refractivity contribution in [3.63, 3.8) is 0 Å². The van der Waals surface area contributed by atoms with Crippen LogP contribution in [0, 0.1) is 6.92 Å². The van der Waals surface area contributed by atoms with Crippen LogP contribution in [0.2, 0.25) is 0 Å². The van der Waals surface area contributed by atoms with Gasteiger partial charge in [-0.25, -0.2) is 0 Å². The van der Waals surface area contributed by atoms with Crippen LogP contribution < -0.4 is 4.90 Å². The molecular weight excluding hydrogens is 761 g/mol. The summed E-state index contributed by atoms with van der Waals surface area (Å²) in [7, 11) is 0. The van der Waals surface area contributed by atoms with E-state index in [1.54, 1.807) is 0 Å². The molecule has 0 fully saturated rings. The van der Waals surface area contributed by atoms with Gasteiger partial charge in [0.05, 0.1) is 11.0 Å². The van der Waals surface area contributed by atoms with Crippen molar-refractivity contribution in [2.45, 2.75) is 6.92 Å². The molecule has 0 spiro atoms. The van der Waals surface area contributed by atoms with Crippen LogP contribution in [0.15, 0.2) is 237 Å². The summed E-state index contributed by atoms with van der Waals surface area (Å²) in [5.41, 5.74) is 15.3. The molecule has 0 saturated carbocycles. The minimum atomic E-state index is 1.10. The van der Waals surface area contributed by atoms with Gasteiger partial charge in [0, 0.05) is 33.5 Å². The fourth-order valence-corrected chi connectivity index (χ4v) is 9.63. The molecule has 296 valence electrons. The van der Waals surface area contributed by atoms with Crippen LogP contribution >= 0.6 is 0 Å². The highest BCUT2D eigenvalue weighted by molar-refractivity contribution is 6.09. The van der Waals surface area contributed by atoms with Crippen LogP contribution in [0.25, 0.3) is 93.2 Å². The number of rotatable bonds is 7. The number of benzene rings is 11. The largest absolute Gasteiger partial charge is 0.310 e. The summed E-state index contributed by atoms with van der Waals surface area (Å²) in [5.74, 6) is 0. The van der Waals surface area contributed by atoms with Crippen LogP contribution in [0.1, 0.15) is 5.56 Å². The number of nitrogens with zero attached hydrogens (tertiary/aromatic N) is 2. The van der Waals surface area contributed by atoms with Gasteiger partial charge in [-0.1, -0.05) is 152 Å². The molecule has 1 heterocycles. The molecule has 0 unspecified atom stereocenters. The molecule has 12 aromatic rings. The SMILES string of the molecule is Cc1cc(-c2cccc(-n3c4ccccc4c4ccccc43)c2)ccc1N(c1ccc(-c2ccc3ccccc3c2)cc1)c1ccc(-c2ccc3cc4ccccc4cc3c2)cc1. The molecule has 0 saturated heterocycles. The van der Waals surface area contributed by atoms with Gasteiger partial charge < -0.3 is 9.47 Å². The highest BCUT2D eigenvalue weighted by atomic mass is 15.1. The van der Waals surface area contributed by atoms with Gasteiger partial charge >= 0.3 is 0 Å². The summed E-state index contributed by atoms with van der Waals surface area (Å²) in [6, 6.07) is 86.6. The van der Waals surface area contributed by atoms with Gasteiger partial charge in [0.15, 0.2) is 0 Å². The number of para-hydroxylation sites is 2. The Balaban J connectivity index is 0.927. The lowest BCUT2D eigenvalue weighted by atomic mass is 9.98. The average Bonchev–Trinajstić information content (AvgIpc) is 3.68. The standard InChI is InChI=1S/C61H42N2/c1-41-35-49(48-15-10-16-56(40-48)63-60-19-8-6-17-57(60)58-18-7-9-20-61(58)63)29-34-59(41)62(54-30-25-43(26-31-54)50-22-21-42-11-2-3-12-45(42)36-50)55-32-27-44(28-33-55)51-23-24-52-37-46-13-4-5-14-47(46)38-53(52)39-51/h2-40H,1H3. The first kappa shape index (κ1) is 36.6. The second-order valence-electron chi connectivity index (χ2n) is 16.7. The highest BCUT2D eigenvalue weighted by Crippen LogP contribution is 2.41. The van der Waals surface area contributed by atoms with E-state index in [2.05, 4.69) is 253 Å². The topological polar surface area (TPSA) is 8.17 Å². The zero-order chi connectivity index (χ0) is 41.9. The van der Waals surface area contributed by atoms with Crippen molar-refractivity contribution in [3.8, 4) is 39.1 Å². The molecule has 0 N–H and O–H groups in total. The molecule has 0 aliphatic carbocycles. The molecule has 0 bridgehead atoms. The number of hydrogen-bond donors (Lipinski definition) is 0. The van der Waals surface area contributed by atoms with Gasteiger partial charge in [-0.3, -0.25) is 0 Å². The van der Waals surface area contributed by atoms with E-state index >= 15 is 0 Å². The van der Waals surface area contributed by atoms with E-state index in [9.17, 15) is 0 Å². The first-order valence-corrected chi connectivity index (χ1v) is 21.7. The number of anilines is 3. The second-order valence-corrected chi connectivity index (χ2v) is 16.7. The lowest BCUT2D eigenvalue weighted by molar-refractivity contribution is 1.18. The Hall–Kier alpha value is -8.20. The molecule has 0 amide bonds. The predicted octanol–water partition coefficient (Wildman–Crippen LogP) is 17.0. The Morgan fingerprint density at radius 3 is 1.37 bits per heavy atom. The Morgan fingerprint density at radius 1 is 0.302 bits per heavy atom. The zero-order valence-electron chi connectivity index (χ0n) is 34.9. The summed E-state index contributed by atoms with van der Waals surface area (Å²) in [6.45, 7) is 2.24. The Labute approximate surface area is 367 Å². The molecule has 12 rings (SSSR count). The summed E-state index contributed by atoms with van der Waals surface area (Å²) >= 11 is 0. The molecule has 0 aliphatic rings. The van der Waals surface area contributed by atoms with E-state index in [0.717, 1.165) is 22.7 Å². The van der Waals surface area contributed by atoms with Crippen molar-refractivity contribution in [1.82, 2.24) is 4.57 Å². The van der Waals surface area contributed by atoms with Gasteiger partial charge in [-0.15, -0.1) is 0 Å².